The summed E-state index contributed by atoms with van der Waals surface area (Å²) in [5.41, 5.74) is 5.04. The van der Waals surface area contributed by atoms with Gasteiger partial charge in [-0.3, -0.25) is 30.3 Å². The van der Waals surface area contributed by atoms with E-state index in [-0.39, 0.29) is 11.6 Å². The standard InChI is InChI=1S/C18H13N7O3/c26-18(14-7-3-5-12-4-1-2-6-13(12)14)23-22-16-15(25(27)28)17(21-10-20-16)24-9-8-19-11-24/h1-11H,(H,23,26)(H,20,21,22). The number of aromatic nitrogens is 4. The highest BCUT2D eigenvalue weighted by Gasteiger charge is 2.24. The lowest BCUT2D eigenvalue weighted by molar-refractivity contribution is -0.384. The van der Waals surface area contributed by atoms with E-state index in [9.17, 15) is 14.9 Å². The fourth-order valence-electron chi connectivity index (χ4n) is 2.81. The summed E-state index contributed by atoms with van der Waals surface area (Å²) in [6.45, 7) is 0. The Balaban J connectivity index is 1.64. The summed E-state index contributed by atoms with van der Waals surface area (Å²) in [5, 5.41) is 13.2. The molecule has 2 N–H and O–H groups in total. The van der Waals surface area contributed by atoms with Crippen molar-refractivity contribution in [3.8, 4) is 5.82 Å². The Hall–Kier alpha value is -4.34. The highest BCUT2D eigenvalue weighted by Crippen LogP contribution is 2.27. The molecule has 0 radical (unpaired) electrons. The number of fused-ring (bicyclic) bond motifs is 1. The third-order valence-electron chi connectivity index (χ3n) is 4.06. The molecule has 2 aromatic carbocycles. The number of hydrogen-bond acceptors (Lipinski definition) is 7. The molecule has 0 saturated carbocycles. The van der Waals surface area contributed by atoms with Crippen LogP contribution in [-0.2, 0) is 0 Å². The van der Waals surface area contributed by atoms with Gasteiger partial charge in [0.25, 0.3) is 5.91 Å². The lowest BCUT2D eigenvalue weighted by atomic mass is 10.0. The number of amides is 1. The van der Waals surface area contributed by atoms with Crippen molar-refractivity contribution >= 4 is 28.2 Å². The number of benzene rings is 2. The first-order chi connectivity index (χ1) is 13.6. The Labute approximate surface area is 158 Å². The fourth-order valence-corrected chi connectivity index (χ4v) is 2.81. The van der Waals surface area contributed by atoms with E-state index in [2.05, 4.69) is 25.8 Å². The van der Waals surface area contributed by atoms with E-state index in [1.807, 2.05) is 30.3 Å². The number of rotatable bonds is 5. The molecular formula is C18H13N7O3. The van der Waals surface area contributed by atoms with Crippen LogP contribution in [0.5, 0.6) is 0 Å². The first-order valence-electron chi connectivity index (χ1n) is 8.17. The Morgan fingerprint density at radius 1 is 1.11 bits per heavy atom. The Bertz CT molecular complexity index is 1170. The molecule has 10 heteroatoms. The molecule has 138 valence electrons. The molecule has 10 nitrogen and oxygen atoms in total. The highest BCUT2D eigenvalue weighted by atomic mass is 16.6. The molecule has 0 spiro atoms. The molecule has 0 bridgehead atoms. The van der Waals surface area contributed by atoms with Gasteiger partial charge in [0.2, 0.25) is 11.6 Å². The zero-order valence-electron chi connectivity index (χ0n) is 14.3. The molecule has 0 atom stereocenters. The second-order valence-corrected chi connectivity index (χ2v) is 5.73. The summed E-state index contributed by atoms with van der Waals surface area (Å²) in [4.78, 5) is 35.3. The minimum absolute atomic E-state index is 0.0272. The SMILES string of the molecule is O=C(NNc1ncnc(-n2ccnc2)c1[N+](=O)[O-])c1cccc2ccccc12. The molecule has 2 heterocycles. The predicted molar refractivity (Wildman–Crippen MR) is 101 cm³/mol. The molecule has 28 heavy (non-hydrogen) atoms. The van der Waals surface area contributed by atoms with Crippen LogP contribution >= 0.6 is 0 Å². The number of nitrogens with one attached hydrogen (secondary N) is 2. The summed E-state index contributed by atoms with van der Waals surface area (Å²) in [6, 6.07) is 12.8. The summed E-state index contributed by atoms with van der Waals surface area (Å²) < 4.78 is 1.39. The molecular weight excluding hydrogens is 362 g/mol. The van der Waals surface area contributed by atoms with E-state index < -0.39 is 16.5 Å². The van der Waals surface area contributed by atoms with Gasteiger partial charge in [-0.15, -0.1) is 0 Å². The van der Waals surface area contributed by atoms with Crippen molar-refractivity contribution < 1.29 is 9.72 Å². The number of nitro groups is 1. The molecule has 0 unspecified atom stereocenters. The maximum atomic E-state index is 12.6. The molecule has 0 aliphatic carbocycles. The Kier molecular flexibility index (Phi) is 4.34. The van der Waals surface area contributed by atoms with E-state index in [1.54, 1.807) is 12.1 Å². The van der Waals surface area contributed by atoms with Crippen molar-refractivity contribution in [3.05, 3.63) is 83.2 Å². The molecule has 2 aromatic heterocycles. The van der Waals surface area contributed by atoms with Crippen LogP contribution in [0.3, 0.4) is 0 Å². The van der Waals surface area contributed by atoms with Gasteiger partial charge in [0.05, 0.1) is 4.92 Å². The number of anilines is 1. The first-order valence-corrected chi connectivity index (χ1v) is 8.17. The molecule has 1 amide bonds. The summed E-state index contributed by atoms with van der Waals surface area (Å²) in [5.74, 6) is -0.564. The summed E-state index contributed by atoms with van der Waals surface area (Å²) in [6.07, 6.45) is 5.54. The molecule has 0 aliphatic heterocycles. The molecule has 0 saturated heterocycles. The monoisotopic (exact) mass is 375 g/mol. The number of carbonyl (C=O) groups is 1. The van der Waals surface area contributed by atoms with Crippen LogP contribution in [0, 0.1) is 10.1 Å². The van der Waals surface area contributed by atoms with Gasteiger partial charge in [-0.1, -0.05) is 36.4 Å². The van der Waals surface area contributed by atoms with Gasteiger partial charge in [-0.25, -0.2) is 15.0 Å². The van der Waals surface area contributed by atoms with Crippen molar-refractivity contribution in [2.45, 2.75) is 0 Å². The van der Waals surface area contributed by atoms with Crippen LogP contribution in [0.2, 0.25) is 0 Å². The number of hydrogen-bond donors (Lipinski definition) is 2. The third-order valence-corrected chi connectivity index (χ3v) is 4.06. The quantitative estimate of drug-likeness (QED) is 0.405. The summed E-state index contributed by atoms with van der Waals surface area (Å²) in [7, 11) is 0. The normalized spacial score (nSPS) is 10.6. The topological polar surface area (TPSA) is 128 Å². The van der Waals surface area contributed by atoms with Crippen LogP contribution in [0.1, 0.15) is 10.4 Å². The summed E-state index contributed by atoms with van der Waals surface area (Å²) >= 11 is 0. The maximum absolute atomic E-state index is 12.6. The average molecular weight is 375 g/mol. The Morgan fingerprint density at radius 2 is 1.93 bits per heavy atom. The van der Waals surface area contributed by atoms with E-state index in [4.69, 9.17) is 0 Å². The zero-order valence-corrected chi connectivity index (χ0v) is 14.3. The molecule has 0 aliphatic rings. The van der Waals surface area contributed by atoms with Crippen LogP contribution in [-0.4, -0.2) is 30.3 Å². The lowest BCUT2D eigenvalue weighted by Gasteiger charge is -2.11. The van der Waals surface area contributed by atoms with Crippen molar-refractivity contribution in [2.24, 2.45) is 0 Å². The number of nitrogens with zero attached hydrogens (tertiary/aromatic N) is 5. The van der Waals surface area contributed by atoms with Gasteiger partial charge >= 0.3 is 5.69 Å². The van der Waals surface area contributed by atoms with E-state index in [0.29, 0.717) is 5.56 Å². The van der Waals surface area contributed by atoms with Gasteiger partial charge < -0.3 is 0 Å². The number of carbonyl (C=O) groups excluding carboxylic acids is 1. The second-order valence-electron chi connectivity index (χ2n) is 5.73. The van der Waals surface area contributed by atoms with Crippen LogP contribution < -0.4 is 10.9 Å². The van der Waals surface area contributed by atoms with E-state index >= 15 is 0 Å². The van der Waals surface area contributed by atoms with E-state index in [1.165, 1.54) is 23.3 Å². The Morgan fingerprint density at radius 3 is 2.71 bits per heavy atom. The predicted octanol–water partition coefficient (Wildman–Crippen LogP) is 2.48. The lowest BCUT2D eigenvalue weighted by Crippen LogP contribution is -2.30. The van der Waals surface area contributed by atoms with Crippen molar-refractivity contribution in [3.63, 3.8) is 0 Å². The fraction of sp³-hybridized carbons (Fsp3) is 0. The molecule has 4 aromatic rings. The number of hydrazine groups is 1. The largest absolute Gasteiger partial charge is 0.355 e. The smallest absolute Gasteiger partial charge is 0.285 e. The van der Waals surface area contributed by atoms with Gasteiger partial charge in [0, 0.05) is 18.0 Å². The van der Waals surface area contributed by atoms with Crippen LogP contribution in [0.4, 0.5) is 11.5 Å². The minimum atomic E-state index is -0.623. The van der Waals surface area contributed by atoms with Crippen molar-refractivity contribution in [1.29, 1.82) is 0 Å². The second kappa shape index (κ2) is 7.11. The van der Waals surface area contributed by atoms with Crippen molar-refractivity contribution in [2.75, 3.05) is 5.43 Å². The maximum Gasteiger partial charge on any atom is 0.355 e. The van der Waals surface area contributed by atoms with Crippen LogP contribution in [0.15, 0.2) is 67.5 Å². The average Bonchev–Trinajstić information content (AvgIpc) is 3.26. The van der Waals surface area contributed by atoms with Crippen molar-refractivity contribution in [1.82, 2.24) is 24.9 Å². The van der Waals surface area contributed by atoms with Gasteiger partial charge in [0.15, 0.2) is 0 Å². The van der Waals surface area contributed by atoms with Gasteiger partial charge in [-0.05, 0) is 16.8 Å². The number of imidazole rings is 1. The van der Waals surface area contributed by atoms with Gasteiger partial charge in [0.1, 0.15) is 12.7 Å². The first kappa shape index (κ1) is 17.1. The molecule has 4 rings (SSSR count). The molecule has 0 fully saturated rings. The van der Waals surface area contributed by atoms with Crippen LogP contribution in [0.25, 0.3) is 16.6 Å². The van der Waals surface area contributed by atoms with Gasteiger partial charge in [-0.2, -0.15) is 0 Å². The highest BCUT2D eigenvalue weighted by molar-refractivity contribution is 6.07. The zero-order chi connectivity index (χ0) is 19.5. The minimum Gasteiger partial charge on any atom is -0.285 e. The third kappa shape index (κ3) is 3.09. The van der Waals surface area contributed by atoms with E-state index in [0.717, 1.165) is 17.1 Å².